The van der Waals surface area contributed by atoms with Crippen LogP contribution in [0.15, 0.2) is 23.0 Å². The van der Waals surface area contributed by atoms with Gasteiger partial charge in [0.1, 0.15) is 0 Å². The third-order valence-electron chi connectivity index (χ3n) is 2.74. The van der Waals surface area contributed by atoms with E-state index in [4.69, 9.17) is 10.5 Å². The zero-order valence-corrected chi connectivity index (χ0v) is 9.73. The van der Waals surface area contributed by atoms with Gasteiger partial charge in [-0.15, -0.1) is 0 Å². The second-order valence-corrected chi connectivity index (χ2v) is 3.71. The highest BCUT2D eigenvalue weighted by Gasteiger charge is 2.15. The van der Waals surface area contributed by atoms with Crippen LogP contribution >= 0.6 is 0 Å². The molecule has 5 nitrogen and oxygen atoms in total. The summed E-state index contributed by atoms with van der Waals surface area (Å²) in [5.74, 6) is -0.179. The van der Waals surface area contributed by atoms with E-state index in [9.17, 15) is 9.90 Å². The van der Waals surface area contributed by atoms with E-state index in [0.717, 1.165) is 0 Å². The van der Waals surface area contributed by atoms with Crippen LogP contribution in [0.1, 0.15) is 6.92 Å². The minimum atomic E-state index is -0.356. The number of fused-ring (bicyclic) bond motifs is 1. The number of hydrogen-bond donors (Lipinski definition) is 2. The molecule has 0 saturated carbocycles. The molecule has 2 aromatic rings. The lowest BCUT2D eigenvalue weighted by molar-refractivity contribution is 0.367. The number of aromatic nitrogens is 1. The van der Waals surface area contributed by atoms with Gasteiger partial charge in [0.05, 0.1) is 12.6 Å². The molecule has 0 spiro atoms. The first-order valence-electron chi connectivity index (χ1n) is 5.29. The molecule has 5 heteroatoms. The first-order valence-corrected chi connectivity index (χ1v) is 5.29. The van der Waals surface area contributed by atoms with Gasteiger partial charge in [0.2, 0.25) is 5.75 Å². The van der Waals surface area contributed by atoms with E-state index >= 15 is 0 Å². The summed E-state index contributed by atoms with van der Waals surface area (Å²) in [5.41, 5.74) is 6.49. The lowest BCUT2D eigenvalue weighted by Crippen LogP contribution is -2.21. The second-order valence-electron chi connectivity index (χ2n) is 3.71. The van der Waals surface area contributed by atoms with Crippen molar-refractivity contribution >= 4 is 16.6 Å². The van der Waals surface area contributed by atoms with Crippen LogP contribution in [-0.2, 0) is 6.54 Å². The van der Waals surface area contributed by atoms with Crippen LogP contribution in [0.5, 0.6) is 11.5 Å². The van der Waals surface area contributed by atoms with Crippen molar-refractivity contribution in [1.82, 2.24) is 4.57 Å². The van der Waals surface area contributed by atoms with Gasteiger partial charge in [-0.1, -0.05) is 0 Å². The number of aromatic hydroxyl groups is 1. The van der Waals surface area contributed by atoms with Gasteiger partial charge in [0.15, 0.2) is 5.75 Å². The maximum Gasteiger partial charge on any atom is 0.297 e. The van der Waals surface area contributed by atoms with Gasteiger partial charge in [-0.25, -0.2) is 0 Å². The fraction of sp³-hybridized carbons (Fsp3) is 0.250. The van der Waals surface area contributed by atoms with E-state index in [1.165, 1.54) is 11.7 Å². The van der Waals surface area contributed by atoms with Gasteiger partial charge in [-0.05, 0) is 25.1 Å². The Hall–Kier alpha value is -2.17. The molecule has 1 heterocycles. The van der Waals surface area contributed by atoms with Gasteiger partial charge in [0.25, 0.3) is 5.56 Å². The molecule has 0 saturated heterocycles. The molecule has 0 atom stereocenters. The summed E-state index contributed by atoms with van der Waals surface area (Å²) >= 11 is 0. The number of hydrogen-bond acceptors (Lipinski definition) is 4. The molecule has 1 aromatic carbocycles. The summed E-state index contributed by atoms with van der Waals surface area (Å²) in [5, 5.41) is 10.5. The van der Waals surface area contributed by atoms with Gasteiger partial charge in [0, 0.05) is 17.6 Å². The van der Waals surface area contributed by atoms with E-state index in [2.05, 4.69) is 0 Å². The van der Waals surface area contributed by atoms with Crippen LogP contribution in [0.4, 0.5) is 5.69 Å². The van der Waals surface area contributed by atoms with Crippen molar-refractivity contribution in [2.45, 2.75) is 13.5 Å². The summed E-state index contributed by atoms with van der Waals surface area (Å²) < 4.78 is 6.46. The van der Waals surface area contributed by atoms with Crippen molar-refractivity contribution in [3.63, 3.8) is 0 Å². The van der Waals surface area contributed by atoms with Crippen LogP contribution in [0.25, 0.3) is 10.9 Å². The fourth-order valence-electron chi connectivity index (χ4n) is 1.93. The van der Waals surface area contributed by atoms with Gasteiger partial charge in [-0.3, -0.25) is 4.79 Å². The highest BCUT2D eigenvalue weighted by Crippen LogP contribution is 2.31. The molecule has 0 bridgehead atoms. The highest BCUT2D eigenvalue weighted by molar-refractivity contribution is 5.89. The van der Waals surface area contributed by atoms with Gasteiger partial charge in [-0.2, -0.15) is 0 Å². The third kappa shape index (κ3) is 1.60. The van der Waals surface area contributed by atoms with Crippen LogP contribution in [-0.4, -0.2) is 16.8 Å². The molecule has 2 rings (SSSR count). The zero-order valence-electron chi connectivity index (χ0n) is 9.73. The third-order valence-corrected chi connectivity index (χ3v) is 2.74. The number of anilines is 1. The number of pyridine rings is 1. The van der Waals surface area contributed by atoms with Gasteiger partial charge >= 0.3 is 0 Å². The molecule has 90 valence electrons. The summed E-state index contributed by atoms with van der Waals surface area (Å²) in [6.07, 6.45) is 0. The molecular weight excluding hydrogens is 220 g/mol. The number of nitrogens with two attached hydrogens (primary N) is 1. The first-order chi connectivity index (χ1) is 8.10. The lowest BCUT2D eigenvalue weighted by atomic mass is 10.1. The minimum Gasteiger partial charge on any atom is -0.504 e. The Morgan fingerprint density at radius 3 is 2.76 bits per heavy atom. The highest BCUT2D eigenvalue weighted by atomic mass is 16.5. The Morgan fingerprint density at radius 2 is 2.18 bits per heavy atom. The van der Waals surface area contributed by atoms with Crippen LogP contribution < -0.4 is 16.0 Å². The van der Waals surface area contributed by atoms with E-state index in [1.807, 2.05) is 6.92 Å². The van der Waals surface area contributed by atoms with Crippen molar-refractivity contribution < 1.29 is 9.84 Å². The Kier molecular flexibility index (Phi) is 2.67. The van der Waals surface area contributed by atoms with Crippen molar-refractivity contribution in [2.24, 2.45) is 0 Å². The molecule has 0 aliphatic rings. The average molecular weight is 234 g/mol. The second kappa shape index (κ2) is 4.01. The largest absolute Gasteiger partial charge is 0.504 e. The Labute approximate surface area is 98.0 Å². The number of benzene rings is 1. The Morgan fingerprint density at radius 1 is 1.47 bits per heavy atom. The average Bonchev–Trinajstić information content (AvgIpc) is 2.30. The standard InChI is InChI=1S/C12H14N2O3/c1-3-14-9-6-7(13)4-5-8(9)10(15)11(17-2)12(14)16/h4-6,15H,3,13H2,1-2H3. The lowest BCUT2D eigenvalue weighted by Gasteiger charge is -2.13. The predicted molar refractivity (Wildman–Crippen MR) is 66.5 cm³/mol. The van der Waals surface area contributed by atoms with Crippen molar-refractivity contribution in [1.29, 1.82) is 0 Å². The van der Waals surface area contributed by atoms with Crippen LogP contribution in [0.2, 0.25) is 0 Å². The van der Waals surface area contributed by atoms with E-state index in [0.29, 0.717) is 23.1 Å². The monoisotopic (exact) mass is 234 g/mol. The normalized spacial score (nSPS) is 10.7. The number of nitrogens with zero attached hydrogens (tertiary/aromatic N) is 1. The maximum absolute atomic E-state index is 12.0. The summed E-state index contributed by atoms with van der Waals surface area (Å²) in [7, 11) is 1.36. The number of methoxy groups -OCH3 is 1. The molecule has 0 unspecified atom stereocenters. The van der Waals surface area contributed by atoms with Crippen molar-refractivity contribution in [2.75, 3.05) is 12.8 Å². The van der Waals surface area contributed by atoms with E-state index in [1.54, 1.807) is 18.2 Å². The SMILES string of the molecule is CCn1c(=O)c(OC)c(O)c2ccc(N)cc21. The summed E-state index contributed by atoms with van der Waals surface area (Å²) in [6, 6.07) is 5.01. The summed E-state index contributed by atoms with van der Waals surface area (Å²) in [4.78, 5) is 12.0. The number of ether oxygens (including phenoxy) is 1. The molecule has 0 fully saturated rings. The molecule has 0 aliphatic carbocycles. The van der Waals surface area contributed by atoms with Crippen LogP contribution in [0, 0.1) is 0 Å². The maximum atomic E-state index is 12.0. The van der Waals surface area contributed by atoms with Crippen molar-refractivity contribution in [3.05, 3.63) is 28.6 Å². The molecule has 17 heavy (non-hydrogen) atoms. The topological polar surface area (TPSA) is 77.5 Å². The number of nitrogen functional groups attached to an aromatic ring is 1. The van der Waals surface area contributed by atoms with Gasteiger partial charge < -0.3 is 20.1 Å². The molecule has 0 aliphatic heterocycles. The van der Waals surface area contributed by atoms with Crippen molar-refractivity contribution in [3.8, 4) is 11.5 Å². The fourth-order valence-corrected chi connectivity index (χ4v) is 1.93. The molecule has 0 radical (unpaired) electrons. The smallest absolute Gasteiger partial charge is 0.297 e. The Balaban J connectivity index is 3.01. The quantitative estimate of drug-likeness (QED) is 0.768. The first kappa shape index (κ1) is 11.3. The Bertz CT molecular complexity index is 632. The zero-order chi connectivity index (χ0) is 12.6. The molecular formula is C12H14N2O3. The van der Waals surface area contributed by atoms with E-state index < -0.39 is 0 Å². The minimum absolute atomic E-state index is 0.0379. The van der Waals surface area contributed by atoms with Crippen LogP contribution in [0.3, 0.4) is 0 Å². The summed E-state index contributed by atoms with van der Waals surface area (Å²) in [6.45, 7) is 2.33. The molecule has 0 amide bonds. The van der Waals surface area contributed by atoms with E-state index in [-0.39, 0.29) is 17.1 Å². The molecule has 3 N–H and O–H groups in total. The molecule has 1 aromatic heterocycles. The number of rotatable bonds is 2. The predicted octanol–water partition coefficient (Wildman–Crippen LogP) is 1.32. The number of aryl methyl sites for hydroxylation is 1.